The summed E-state index contributed by atoms with van der Waals surface area (Å²) in [5.74, 6) is -0.871. The molecule has 0 aliphatic carbocycles. The highest BCUT2D eigenvalue weighted by Crippen LogP contribution is 2.24. The van der Waals surface area contributed by atoms with Crippen LogP contribution >= 0.6 is 0 Å². The van der Waals surface area contributed by atoms with Gasteiger partial charge in [0.15, 0.2) is 0 Å². The Morgan fingerprint density at radius 1 is 0.952 bits per heavy atom. The third-order valence-electron chi connectivity index (χ3n) is 3.12. The van der Waals surface area contributed by atoms with Gasteiger partial charge in [0.2, 0.25) is 0 Å². The average molecular weight is 286 g/mol. The van der Waals surface area contributed by atoms with Gasteiger partial charge in [-0.3, -0.25) is 0 Å². The molecule has 0 radical (unpaired) electrons. The molecule has 0 saturated heterocycles. The summed E-state index contributed by atoms with van der Waals surface area (Å²) >= 11 is 0. The van der Waals surface area contributed by atoms with Crippen molar-refractivity contribution in [2.45, 2.75) is 20.8 Å². The monoisotopic (exact) mass is 286 g/mol. The van der Waals surface area contributed by atoms with E-state index < -0.39 is 11.9 Å². The summed E-state index contributed by atoms with van der Waals surface area (Å²) in [5.41, 5.74) is 1.79. The Morgan fingerprint density at radius 3 is 2.29 bits per heavy atom. The van der Waals surface area contributed by atoms with Gasteiger partial charge in [-0.15, -0.1) is 0 Å². The molecule has 0 aliphatic rings. The largest absolute Gasteiger partial charge is 0.462 e. The lowest BCUT2D eigenvalue weighted by atomic mass is 9.99. The van der Waals surface area contributed by atoms with Gasteiger partial charge < -0.3 is 9.47 Å². The minimum absolute atomic E-state index is 0.287. The van der Waals surface area contributed by atoms with Crippen LogP contribution in [0, 0.1) is 6.92 Å². The molecule has 0 atom stereocenters. The van der Waals surface area contributed by atoms with Crippen LogP contribution in [0.1, 0.15) is 40.1 Å². The molecule has 2 aromatic rings. The first kappa shape index (κ1) is 15.0. The van der Waals surface area contributed by atoms with Crippen LogP contribution in [0.3, 0.4) is 0 Å². The number of benzene rings is 2. The first-order chi connectivity index (χ1) is 10.1. The molecule has 21 heavy (non-hydrogen) atoms. The normalized spacial score (nSPS) is 10.4. The molecule has 4 nitrogen and oxygen atoms in total. The quantitative estimate of drug-likeness (QED) is 0.807. The van der Waals surface area contributed by atoms with E-state index in [0.29, 0.717) is 17.7 Å². The molecule has 0 spiro atoms. The molecule has 0 fully saturated rings. The number of hydrogen-bond donors (Lipinski definition) is 0. The first-order valence-electron chi connectivity index (χ1n) is 6.95. The predicted octanol–water partition coefficient (Wildman–Crippen LogP) is 3.50. The second kappa shape index (κ2) is 6.39. The van der Waals surface area contributed by atoms with E-state index >= 15 is 0 Å². The standard InChI is InChI=1S/C17H18O4/c1-4-20-16(18)13-9-12-7-6-11(3)8-14(12)15(10-13)17(19)21-5-2/h6-10H,4-5H2,1-3H3. The van der Waals surface area contributed by atoms with Crippen molar-refractivity contribution < 1.29 is 19.1 Å². The van der Waals surface area contributed by atoms with Gasteiger partial charge in [0, 0.05) is 0 Å². The zero-order chi connectivity index (χ0) is 15.4. The van der Waals surface area contributed by atoms with Crippen LogP contribution in [0.4, 0.5) is 0 Å². The molecule has 0 heterocycles. The van der Waals surface area contributed by atoms with E-state index in [1.807, 2.05) is 25.1 Å². The number of carbonyl (C=O) groups is 2. The highest BCUT2D eigenvalue weighted by atomic mass is 16.5. The summed E-state index contributed by atoms with van der Waals surface area (Å²) < 4.78 is 10.1. The maximum atomic E-state index is 12.1. The molecule has 0 N–H and O–H groups in total. The van der Waals surface area contributed by atoms with Crippen LogP contribution in [0.5, 0.6) is 0 Å². The fraction of sp³-hybridized carbons (Fsp3) is 0.294. The Balaban J connectivity index is 2.63. The van der Waals surface area contributed by atoms with E-state index in [2.05, 4.69) is 0 Å². The van der Waals surface area contributed by atoms with Crippen molar-refractivity contribution in [3.63, 3.8) is 0 Å². The van der Waals surface area contributed by atoms with E-state index in [4.69, 9.17) is 9.47 Å². The number of fused-ring (bicyclic) bond motifs is 1. The van der Waals surface area contributed by atoms with Crippen molar-refractivity contribution >= 4 is 22.7 Å². The zero-order valence-corrected chi connectivity index (χ0v) is 12.4. The maximum Gasteiger partial charge on any atom is 0.338 e. The molecule has 2 aromatic carbocycles. The van der Waals surface area contributed by atoms with Gasteiger partial charge >= 0.3 is 11.9 Å². The SMILES string of the molecule is CCOC(=O)c1cc(C(=O)OCC)c2cc(C)ccc2c1. The van der Waals surface area contributed by atoms with Crippen molar-refractivity contribution in [3.8, 4) is 0 Å². The van der Waals surface area contributed by atoms with Gasteiger partial charge in [0.1, 0.15) is 0 Å². The van der Waals surface area contributed by atoms with Crippen LogP contribution in [-0.4, -0.2) is 25.2 Å². The van der Waals surface area contributed by atoms with Gasteiger partial charge in [-0.05, 0) is 43.7 Å². The van der Waals surface area contributed by atoms with Crippen molar-refractivity contribution in [2.75, 3.05) is 13.2 Å². The van der Waals surface area contributed by atoms with Crippen LogP contribution in [0.15, 0.2) is 30.3 Å². The van der Waals surface area contributed by atoms with Gasteiger partial charge in [-0.2, -0.15) is 0 Å². The minimum atomic E-state index is -0.439. The van der Waals surface area contributed by atoms with Crippen molar-refractivity contribution in [1.29, 1.82) is 0 Å². The van der Waals surface area contributed by atoms with E-state index in [-0.39, 0.29) is 6.61 Å². The lowest BCUT2D eigenvalue weighted by molar-refractivity contribution is 0.0526. The molecular formula is C17H18O4. The van der Waals surface area contributed by atoms with Gasteiger partial charge in [-0.25, -0.2) is 9.59 Å². The Morgan fingerprint density at radius 2 is 1.62 bits per heavy atom. The van der Waals surface area contributed by atoms with Crippen LogP contribution < -0.4 is 0 Å². The number of rotatable bonds is 4. The lowest BCUT2D eigenvalue weighted by Crippen LogP contribution is -2.10. The molecule has 0 amide bonds. The summed E-state index contributed by atoms with van der Waals surface area (Å²) in [6.07, 6.45) is 0. The predicted molar refractivity (Wildman–Crippen MR) is 80.6 cm³/mol. The zero-order valence-electron chi connectivity index (χ0n) is 12.4. The molecule has 0 aromatic heterocycles. The highest BCUT2D eigenvalue weighted by Gasteiger charge is 2.16. The van der Waals surface area contributed by atoms with Crippen LogP contribution in [-0.2, 0) is 9.47 Å². The number of carbonyl (C=O) groups excluding carboxylic acids is 2. The Hall–Kier alpha value is -2.36. The Bertz CT molecular complexity index is 688. The molecule has 0 saturated carbocycles. The second-order valence-electron chi connectivity index (χ2n) is 4.69. The molecule has 2 rings (SSSR count). The summed E-state index contributed by atoms with van der Waals surface area (Å²) in [4.78, 5) is 24.0. The van der Waals surface area contributed by atoms with E-state index in [9.17, 15) is 9.59 Å². The topological polar surface area (TPSA) is 52.6 Å². The third kappa shape index (κ3) is 3.21. The highest BCUT2D eigenvalue weighted by molar-refractivity contribution is 6.08. The van der Waals surface area contributed by atoms with Crippen molar-refractivity contribution in [3.05, 3.63) is 47.0 Å². The van der Waals surface area contributed by atoms with E-state index in [0.717, 1.165) is 16.3 Å². The number of ether oxygens (including phenoxy) is 2. The van der Waals surface area contributed by atoms with Gasteiger partial charge in [0.25, 0.3) is 0 Å². The van der Waals surface area contributed by atoms with Gasteiger partial charge in [-0.1, -0.05) is 23.8 Å². The summed E-state index contributed by atoms with van der Waals surface area (Å²) in [6, 6.07) is 9.01. The summed E-state index contributed by atoms with van der Waals surface area (Å²) in [5, 5.41) is 1.59. The Kier molecular flexibility index (Phi) is 4.58. The van der Waals surface area contributed by atoms with E-state index in [1.165, 1.54) is 6.07 Å². The van der Waals surface area contributed by atoms with Crippen LogP contribution in [0.25, 0.3) is 10.8 Å². The lowest BCUT2D eigenvalue weighted by Gasteiger charge is -2.10. The smallest absolute Gasteiger partial charge is 0.338 e. The molecule has 4 heteroatoms. The fourth-order valence-corrected chi connectivity index (χ4v) is 2.18. The molecular weight excluding hydrogens is 268 g/mol. The maximum absolute atomic E-state index is 12.1. The van der Waals surface area contributed by atoms with Crippen molar-refractivity contribution in [2.24, 2.45) is 0 Å². The summed E-state index contributed by atoms with van der Waals surface area (Å²) in [7, 11) is 0. The molecule has 0 unspecified atom stereocenters. The van der Waals surface area contributed by atoms with Crippen LogP contribution in [0.2, 0.25) is 0 Å². The van der Waals surface area contributed by atoms with E-state index in [1.54, 1.807) is 19.9 Å². The van der Waals surface area contributed by atoms with Crippen molar-refractivity contribution in [1.82, 2.24) is 0 Å². The van der Waals surface area contributed by atoms with Gasteiger partial charge in [0.05, 0.1) is 24.3 Å². The molecule has 0 bridgehead atoms. The first-order valence-corrected chi connectivity index (χ1v) is 6.95. The third-order valence-corrected chi connectivity index (χ3v) is 3.12. The summed E-state index contributed by atoms with van der Waals surface area (Å²) in [6.45, 7) is 6.03. The number of hydrogen-bond acceptors (Lipinski definition) is 4. The minimum Gasteiger partial charge on any atom is -0.462 e. The Labute approximate surface area is 123 Å². The average Bonchev–Trinajstić information content (AvgIpc) is 2.46. The number of aryl methyl sites for hydroxylation is 1. The molecule has 0 aliphatic heterocycles. The number of esters is 2. The molecule has 110 valence electrons. The fourth-order valence-electron chi connectivity index (χ4n) is 2.18. The second-order valence-corrected chi connectivity index (χ2v) is 4.69.